The van der Waals surface area contributed by atoms with Gasteiger partial charge in [-0.1, -0.05) is 11.6 Å². The van der Waals surface area contributed by atoms with Gasteiger partial charge < -0.3 is 16.4 Å². The van der Waals surface area contributed by atoms with Gasteiger partial charge in [0.25, 0.3) is 0 Å². The summed E-state index contributed by atoms with van der Waals surface area (Å²) in [5.41, 5.74) is 10.1. The van der Waals surface area contributed by atoms with Gasteiger partial charge in [0.2, 0.25) is 11.8 Å². The molecule has 0 atom stereocenters. The van der Waals surface area contributed by atoms with Gasteiger partial charge >= 0.3 is 0 Å². The molecule has 4 N–H and O–H groups in total. The minimum Gasteiger partial charge on any atom is -0.368 e. The van der Waals surface area contributed by atoms with Crippen LogP contribution >= 0.6 is 27.5 Å². The van der Waals surface area contributed by atoms with E-state index in [4.69, 9.17) is 23.1 Å². The van der Waals surface area contributed by atoms with Gasteiger partial charge in [-0.2, -0.15) is 0 Å². The maximum absolute atomic E-state index is 10.9. The van der Waals surface area contributed by atoms with Crippen LogP contribution in [0.5, 0.6) is 0 Å². The summed E-state index contributed by atoms with van der Waals surface area (Å²) in [6.45, 7) is -0.366. The summed E-state index contributed by atoms with van der Waals surface area (Å²) in [5, 5.41) is 0.293. The van der Waals surface area contributed by atoms with E-state index in [0.29, 0.717) is 9.50 Å². The highest BCUT2D eigenvalue weighted by Crippen LogP contribution is 2.25. The van der Waals surface area contributed by atoms with E-state index in [0.717, 1.165) is 0 Å². The standard InChI is InChI=1S/C9H10BrClN4O2/c10-5-1-6(11)9(14-2-5)15(3-7(12)16)4-8(13)17/h1-2H,3-4H2,(H2,12,16)(H2,13,17). The largest absolute Gasteiger partial charge is 0.368 e. The Morgan fingerprint density at radius 2 is 1.88 bits per heavy atom. The molecular weight excluding hydrogens is 311 g/mol. The third-order valence-corrected chi connectivity index (χ3v) is 2.49. The van der Waals surface area contributed by atoms with E-state index in [1.165, 1.54) is 11.1 Å². The number of carbonyl (C=O) groups excluding carboxylic acids is 2. The van der Waals surface area contributed by atoms with Crippen molar-refractivity contribution in [2.75, 3.05) is 18.0 Å². The number of nitrogens with zero attached hydrogens (tertiary/aromatic N) is 2. The number of amides is 2. The summed E-state index contributed by atoms with van der Waals surface area (Å²) in [6, 6.07) is 1.60. The molecule has 0 aliphatic heterocycles. The van der Waals surface area contributed by atoms with E-state index in [1.54, 1.807) is 6.07 Å². The van der Waals surface area contributed by atoms with Gasteiger partial charge in [0, 0.05) is 10.7 Å². The van der Waals surface area contributed by atoms with E-state index >= 15 is 0 Å². The van der Waals surface area contributed by atoms with Crippen molar-refractivity contribution < 1.29 is 9.59 Å². The third kappa shape index (κ3) is 4.20. The van der Waals surface area contributed by atoms with Gasteiger partial charge in [-0.15, -0.1) is 0 Å². The Bertz CT molecular complexity index is 439. The molecule has 8 heteroatoms. The van der Waals surface area contributed by atoms with Gasteiger partial charge in [-0.3, -0.25) is 9.59 Å². The van der Waals surface area contributed by atoms with E-state index in [9.17, 15) is 9.59 Å². The van der Waals surface area contributed by atoms with E-state index < -0.39 is 11.8 Å². The molecule has 0 aromatic carbocycles. The summed E-state index contributed by atoms with van der Waals surface area (Å²) in [5.74, 6) is -0.925. The molecule has 0 unspecified atom stereocenters. The average Bonchev–Trinajstić information content (AvgIpc) is 2.14. The monoisotopic (exact) mass is 320 g/mol. The SMILES string of the molecule is NC(=O)CN(CC(N)=O)c1ncc(Br)cc1Cl. The van der Waals surface area contributed by atoms with Crippen LogP contribution in [0.25, 0.3) is 0 Å². The molecule has 0 bridgehead atoms. The molecule has 0 fully saturated rings. The number of rotatable bonds is 5. The van der Waals surface area contributed by atoms with E-state index in [-0.39, 0.29) is 18.9 Å². The lowest BCUT2D eigenvalue weighted by Crippen LogP contribution is -2.40. The number of nitrogens with two attached hydrogens (primary N) is 2. The Hall–Kier alpha value is -1.34. The Balaban J connectivity index is 3.02. The van der Waals surface area contributed by atoms with Crippen molar-refractivity contribution in [1.82, 2.24) is 4.98 Å². The molecule has 1 aromatic rings. The third-order valence-electron chi connectivity index (χ3n) is 1.78. The minimum absolute atomic E-state index is 0.183. The second-order valence-electron chi connectivity index (χ2n) is 3.25. The molecule has 0 spiro atoms. The lowest BCUT2D eigenvalue weighted by Gasteiger charge is -2.21. The highest BCUT2D eigenvalue weighted by Gasteiger charge is 2.16. The zero-order valence-electron chi connectivity index (χ0n) is 8.69. The molecular formula is C9H10BrClN4O2. The summed E-state index contributed by atoms with van der Waals surface area (Å²) in [7, 11) is 0. The van der Waals surface area contributed by atoms with Gasteiger partial charge in [-0.25, -0.2) is 4.98 Å². The summed E-state index contributed by atoms with van der Waals surface area (Å²) in [4.78, 5) is 27.1. The van der Waals surface area contributed by atoms with Crippen molar-refractivity contribution >= 4 is 45.2 Å². The number of halogens is 2. The molecule has 0 saturated heterocycles. The molecule has 1 heterocycles. The van der Waals surface area contributed by atoms with Crippen molar-refractivity contribution in [2.24, 2.45) is 11.5 Å². The number of aromatic nitrogens is 1. The normalized spacial score (nSPS) is 10.0. The zero-order chi connectivity index (χ0) is 13.0. The molecule has 2 amide bonds. The van der Waals surface area contributed by atoms with Crippen molar-refractivity contribution in [3.63, 3.8) is 0 Å². The van der Waals surface area contributed by atoms with Crippen LogP contribution in [0.15, 0.2) is 16.7 Å². The van der Waals surface area contributed by atoms with Crippen molar-refractivity contribution in [1.29, 1.82) is 0 Å². The fraction of sp³-hybridized carbons (Fsp3) is 0.222. The summed E-state index contributed by atoms with van der Waals surface area (Å²) < 4.78 is 0.685. The first-order chi connectivity index (χ1) is 7.90. The van der Waals surface area contributed by atoms with Crippen molar-refractivity contribution in [2.45, 2.75) is 0 Å². The second-order valence-corrected chi connectivity index (χ2v) is 4.57. The lowest BCUT2D eigenvalue weighted by atomic mass is 10.4. The first-order valence-electron chi connectivity index (χ1n) is 4.52. The molecule has 0 saturated carbocycles. The summed E-state index contributed by atoms with van der Waals surface area (Å²) >= 11 is 9.15. The lowest BCUT2D eigenvalue weighted by molar-refractivity contribution is -0.117. The van der Waals surface area contributed by atoms with Crippen LogP contribution in [0, 0.1) is 0 Å². The van der Waals surface area contributed by atoms with Gasteiger partial charge in [0.1, 0.15) is 5.82 Å². The minimum atomic E-state index is -0.605. The highest BCUT2D eigenvalue weighted by molar-refractivity contribution is 9.10. The number of anilines is 1. The zero-order valence-corrected chi connectivity index (χ0v) is 11.0. The predicted octanol–water partition coefficient (Wildman–Crippen LogP) is 0.275. The van der Waals surface area contributed by atoms with E-state index in [1.807, 2.05) is 0 Å². The average molecular weight is 322 g/mol. The Kier molecular flexibility index (Phi) is 4.71. The van der Waals surface area contributed by atoms with Crippen LogP contribution in [0.2, 0.25) is 5.02 Å². The Morgan fingerprint density at radius 3 is 2.29 bits per heavy atom. The van der Waals surface area contributed by atoms with Crippen molar-refractivity contribution in [3.05, 3.63) is 21.8 Å². The summed E-state index contributed by atoms with van der Waals surface area (Å²) in [6.07, 6.45) is 1.50. The fourth-order valence-electron chi connectivity index (χ4n) is 1.22. The van der Waals surface area contributed by atoms with Gasteiger partial charge in [0.15, 0.2) is 0 Å². The molecule has 6 nitrogen and oxygen atoms in total. The highest BCUT2D eigenvalue weighted by atomic mass is 79.9. The van der Waals surface area contributed by atoms with Crippen LogP contribution in [0.3, 0.4) is 0 Å². The first kappa shape index (κ1) is 13.7. The number of hydrogen-bond donors (Lipinski definition) is 2. The molecule has 0 radical (unpaired) electrons. The van der Waals surface area contributed by atoms with E-state index in [2.05, 4.69) is 20.9 Å². The fourth-order valence-corrected chi connectivity index (χ4v) is 1.97. The Morgan fingerprint density at radius 1 is 1.35 bits per heavy atom. The second kappa shape index (κ2) is 5.83. The van der Waals surface area contributed by atoms with Crippen LogP contribution in [-0.4, -0.2) is 29.9 Å². The molecule has 1 aromatic heterocycles. The number of hydrogen-bond acceptors (Lipinski definition) is 4. The Labute approximate surface area is 111 Å². The van der Waals surface area contributed by atoms with Crippen LogP contribution in [-0.2, 0) is 9.59 Å². The maximum Gasteiger partial charge on any atom is 0.237 e. The maximum atomic E-state index is 10.9. The smallest absolute Gasteiger partial charge is 0.237 e. The van der Waals surface area contributed by atoms with Gasteiger partial charge in [-0.05, 0) is 22.0 Å². The first-order valence-corrected chi connectivity index (χ1v) is 5.70. The molecule has 0 aliphatic rings. The van der Waals surface area contributed by atoms with Gasteiger partial charge in [0.05, 0.1) is 18.1 Å². The predicted molar refractivity (Wildman–Crippen MR) is 67.5 cm³/mol. The van der Waals surface area contributed by atoms with Crippen LogP contribution < -0.4 is 16.4 Å². The molecule has 17 heavy (non-hydrogen) atoms. The van der Waals surface area contributed by atoms with Crippen molar-refractivity contribution in [3.8, 4) is 0 Å². The molecule has 1 rings (SSSR count). The number of carbonyl (C=O) groups is 2. The molecule has 92 valence electrons. The number of pyridine rings is 1. The van der Waals surface area contributed by atoms with Crippen LogP contribution in [0.4, 0.5) is 5.82 Å². The quantitative estimate of drug-likeness (QED) is 0.812. The molecule has 0 aliphatic carbocycles. The van der Waals surface area contributed by atoms with Crippen LogP contribution in [0.1, 0.15) is 0 Å². The topological polar surface area (TPSA) is 102 Å². The number of primary amides is 2.